The fourth-order valence-corrected chi connectivity index (χ4v) is 9.35. The Balaban J connectivity index is 1.18. The highest BCUT2D eigenvalue weighted by Crippen LogP contribution is 2.46. The Morgan fingerprint density at radius 1 is 1.13 bits per heavy atom. The molecule has 0 amide bonds. The third-order valence-corrected chi connectivity index (χ3v) is 12.0. The average molecular weight is 768 g/mol. The van der Waals surface area contributed by atoms with Crippen molar-refractivity contribution >= 4 is 72.3 Å². The second-order valence-electron chi connectivity index (χ2n) is 13.5. The van der Waals surface area contributed by atoms with Crippen molar-refractivity contribution < 1.29 is 27.4 Å². The molecule has 3 aliphatic heterocycles. The lowest BCUT2D eigenvalue weighted by molar-refractivity contribution is -0.139. The maximum atomic E-state index is 17.0. The number of esters is 1. The number of hydrogen-bond donors (Lipinski definition) is 1. The topological polar surface area (TPSA) is 118 Å². The Bertz CT molecular complexity index is 2300. The zero-order valence-electron chi connectivity index (χ0n) is 27.6. The molecule has 3 aliphatic rings. The molecule has 0 saturated carbocycles. The number of ether oxygens (including phenoxy) is 2. The van der Waals surface area contributed by atoms with Gasteiger partial charge < -0.3 is 20.1 Å². The van der Waals surface area contributed by atoms with Gasteiger partial charge in [0.15, 0.2) is 5.82 Å². The predicted octanol–water partition coefficient (Wildman–Crippen LogP) is 8.33. The lowest BCUT2D eigenvalue weighted by atomic mass is 9.95. The summed E-state index contributed by atoms with van der Waals surface area (Å²) >= 11 is 13.8. The molecule has 15 heteroatoms. The van der Waals surface area contributed by atoms with Gasteiger partial charge in [0, 0.05) is 47.4 Å². The number of aromatic nitrogens is 2. The Kier molecular flexibility index (Phi) is 9.06. The molecule has 268 valence electrons. The van der Waals surface area contributed by atoms with E-state index in [1.165, 1.54) is 12.1 Å². The van der Waals surface area contributed by atoms with Crippen molar-refractivity contribution in [2.45, 2.75) is 43.8 Å². The van der Waals surface area contributed by atoms with Gasteiger partial charge in [-0.2, -0.15) is 15.2 Å². The Morgan fingerprint density at radius 3 is 2.71 bits per heavy atom. The van der Waals surface area contributed by atoms with E-state index in [9.17, 15) is 18.8 Å². The van der Waals surface area contributed by atoms with Crippen molar-refractivity contribution in [1.29, 1.82) is 5.26 Å². The molecular weight excluding hydrogens is 736 g/mol. The number of piperidine rings is 1. The van der Waals surface area contributed by atoms with Gasteiger partial charge in [-0.1, -0.05) is 35.3 Å². The highest BCUT2D eigenvalue weighted by Gasteiger charge is 2.49. The molecule has 0 aliphatic carbocycles. The molecule has 52 heavy (non-hydrogen) atoms. The summed E-state index contributed by atoms with van der Waals surface area (Å²) in [6.45, 7) is 1.98. The third kappa shape index (κ3) is 6.05. The van der Waals surface area contributed by atoms with Crippen molar-refractivity contribution in [3.8, 4) is 29.0 Å². The van der Waals surface area contributed by atoms with Crippen LogP contribution in [0, 0.1) is 28.9 Å². The van der Waals surface area contributed by atoms with Gasteiger partial charge in [0.2, 0.25) is 0 Å². The van der Waals surface area contributed by atoms with Gasteiger partial charge in [0.1, 0.15) is 46.8 Å². The van der Waals surface area contributed by atoms with E-state index in [2.05, 4.69) is 9.88 Å². The second kappa shape index (κ2) is 13.6. The van der Waals surface area contributed by atoms with Gasteiger partial charge in [-0.25, -0.2) is 13.2 Å². The van der Waals surface area contributed by atoms with Gasteiger partial charge in [-0.05, 0) is 68.1 Å². The molecular formula is C37H31Cl2F3N6O3S. The fraction of sp³-hybridized carbons (Fsp3) is 0.351. The van der Waals surface area contributed by atoms with Gasteiger partial charge in [-0.15, -0.1) is 11.3 Å². The zero-order chi connectivity index (χ0) is 36.3. The first kappa shape index (κ1) is 34.7. The van der Waals surface area contributed by atoms with Gasteiger partial charge in [-0.3, -0.25) is 9.69 Å². The highest BCUT2D eigenvalue weighted by molar-refractivity contribution is 7.23. The number of carbonyl (C=O) groups is 1. The summed E-state index contributed by atoms with van der Waals surface area (Å²) in [4.78, 5) is 26.4. The number of thiophene rings is 1. The van der Waals surface area contributed by atoms with Crippen molar-refractivity contribution in [2.75, 3.05) is 43.4 Å². The van der Waals surface area contributed by atoms with E-state index in [4.69, 9.17) is 43.4 Å². The van der Waals surface area contributed by atoms with Gasteiger partial charge >= 0.3 is 12.0 Å². The molecule has 0 radical (unpaired) electrons. The summed E-state index contributed by atoms with van der Waals surface area (Å²) < 4.78 is 58.5. The number of rotatable bonds is 7. The van der Waals surface area contributed by atoms with E-state index in [1.54, 1.807) is 30.3 Å². The minimum absolute atomic E-state index is 0.00879. The van der Waals surface area contributed by atoms with Crippen molar-refractivity contribution in [1.82, 2.24) is 14.9 Å². The smallest absolute Gasteiger partial charge is 0.319 e. The minimum Gasteiger partial charge on any atom is -0.461 e. The van der Waals surface area contributed by atoms with Crippen LogP contribution in [0.25, 0.3) is 32.1 Å². The molecule has 0 unspecified atom stereocenters. The van der Waals surface area contributed by atoms with Crippen molar-refractivity contribution in [2.24, 2.45) is 5.92 Å². The first-order chi connectivity index (χ1) is 25.0. The first-order valence-corrected chi connectivity index (χ1v) is 18.5. The van der Waals surface area contributed by atoms with Gasteiger partial charge in [0.25, 0.3) is 0 Å². The zero-order valence-corrected chi connectivity index (χ0v) is 29.9. The number of halogens is 5. The van der Waals surface area contributed by atoms with E-state index < -0.39 is 29.3 Å². The van der Waals surface area contributed by atoms with Crippen LogP contribution in [0.4, 0.5) is 24.0 Å². The van der Waals surface area contributed by atoms with Crippen LogP contribution in [0.1, 0.15) is 37.7 Å². The molecule has 5 aromatic rings. The molecule has 9 nitrogen and oxygen atoms in total. The van der Waals surface area contributed by atoms with E-state index in [1.807, 2.05) is 11.0 Å². The molecule has 0 spiro atoms. The number of nitrogen functional groups attached to an aromatic ring is 1. The quantitative estimate of drug-likeness (QED) is 0.129. The lowest BCUT2D eigenvalue weighted by Gasteiger charge is -2.33. The monoisotopic (exact) mass is 766 g/mol. The number of benzene rings is 3. The number of hydrogen-bond acceptors (Lipinski definition) is 10. The SMILES string of the molecule is N#Cc1c(N)sc2c(F)ccc(-c3c(Cl)cc4c(N5CCC(C(=O)Oc6cccc(Cl)c6)CC5)nc(OC[C@@]56CCCN5C[C@H](F)C6)nc4c3F)c12. The molecule has 3 saturated heterocycles. The predicted molar refractivity (Wildman–Crippen MR) is 195 cm³/mol. The summed E-state index contributed by atoms with van der Waals surface area (Å²) in [6, 6.07) is 12.7. The van der Waals surface area contributed by atoms with Crippen LogP contribution in [-0.2, 0) is 4.79 Å². The van der Waals surface area contributed by atoms with Crippen LogP contribution in [0.15, 0.2) is 42.5 Å². The molecule has 5 heterocycles. The number of nitrogens with two attached hydrogens (primary N) is 1. The number of alkyl halides is 1. The molecule has 3 fully saturated rings. The van der Waals surface area contributed by atoms with E-state index in [0.717, 1.165) is 30.7 Å². The minimum atomic E-state index is -0.969. The Morgan fingerprint density at radius 2 is 1.94 bits per heavy atom. The molecule has 2 atom stereocenters. The first-order valence-electron chi connectivity index (χ1n) is 16.9. The number of anilines is 2. The fourth-order valence-electron chi connectivity index (χ4n) is 7.93. The molecule has 2 aromatic heterocycles. The number of nitriles is 1. The average Bonchev–Trinajstić information content (AvgIpc) is 3.77. The Labute approximate surface area is 310 Å². The van der Waals surface area contributed by atoms with Crippen molar-refractivity contribution in [3.05, 3.63) is 69.7 Å². The highest BCUT2D eigenvalue weighted by atomic mass is 35.5. The van der Waals surface area contributed by atoms with E-state index in [-0.39, 0.29) is 60.9 Å². The normalized spacial score (nSPS) is 20.8. The van der Waals surface area contributed by atoms with Crippen LogP contribution < -0.4 is 20.1 Å². The third-order valence-electron chi connectivity index (χ3n) is 10.4. The molecule has 0 bridgehead atoms. The van der Waals surface area contributed by atoms with Crippen LogP contribution in [0.3, 0.4) is 0 Å². The standard InChI is InChI=1S/C37H31Cl2F3N6O3S/c38-20-3-1-4-22(13-20)51-35(49)19-7-11-47(12-8-19)34-24-14-26(39)29(23-5-6-27(41)32-28(23)25(16-43)33(44)52-32)30(42)31(24)45-36(46-34)50-18-37-9-2-10-48(37)17-21(40)15-37/h1,3-6,13-14,19,21H,2,7-12,15,17-18,44H2/t21-,37+/m1/s1. The van der Waals surface area contributed by atoms with Crippen LogP contribution in [-0.4, -0.2) is 65.3 Å². The molecule has 2 N–H and O–H groups in total. The van der Waals surface area contributed by atoms with Crippen LogP contribution in [0.2, 0.25) is 10.0 Å². The number of fused-ring (bicyclic) bond motifs is 3. The van der Waals surface area contributed by atoms with Crippen molar-refractivity contribution in [3.63, 3.8) is 0 Å². The largest absolute Gasteiger partial charge is 0.461 e. The van der Waals surface area contributed by atoms with Crippen LogP contribution >= 0.6 is 34.5 Å². The summed E-state index contributed by atoms with van der Waals surface area (Å²) in [6.07, 6.45) is 1.88. The second-order valence-corrected chi connectivity index (χ2v) is 15.4. The summed E-state index contributed by atoms with van der Waals surface area (Å²) in [5.74, 6) is -1.48. The molecule has 3 aromatic carbocycles. The summed E-state index contributed by atoms with van der Waals surface area (Å²) in [5, 5.41) is 10.9. The van der Waals surface area contributed by atoms with Crippen LogP contribution in [0.5, 0.6) is 11.8 Å². The van der Waals surface area contributed by atoms with Gasteiger partial charge in [0.05, 0.1) is 26.7 Å². The maximum Gasteiger partial charge on any atom is 0.319 e. The Hall–Kier alpha value is -4.35. The number of nitrogens with zero attached hydrogens (tertiary/aromatic N) is 5. The number of carbonyl (C=O) groups excluding carboxylic acids is 1. The molecule has 8 rings (SSSR count). The summed E-state index contributed by atoms with van der Waals surface area (Å²) in [5.41, 5.74) is 5.60. The van der Waals surface area contributed by atoms with E-state index in [0.29, 0.717) is 60.9 Å². The summed E-state index contributed by atoms with van der Waals surface area (Å²) in [7, 11) is 0. The van der Waals surface area contributed by atoms with E-state index >= 15 is 4.39 Å². The lowest BCUT2D eigenvalue weighted by Crippen LogP contribution is -2.43. The maximum absolute atomic E-state index is 17.0.